The molecule has 58 heavy (non-hydrogen) atoms. The number of imidazole rings is 1. The van der Waals surface area contributed by atoms with Crippen LogP contribution in [0.1, 0.15) is 83.4 Å². The van der Waals surface area contributed by atoms with E-state index in [9.17, 15) is 15.2 Å². The molecule has 1 aliphatic heterocycles. The maximum absolute atomic E-state index is 12.5. The van der Waals surface area contributed by atoms with Gasteiger partial charge in [-0.25, -0.2) is 9.65 Å². The molecule has 312 valence electrons. The van der Waals surface area contributed by atoms with Gasteiger partial charge >= 0.3 is 5.97 Å². The zero-order valence-electron chi connectivity index (χ0n) is 34.9. The highest BCUT2D eigenvalue weighted by Gasteiger charge is 2.50. The molecule has 1 unspecified atom stereocenters. The summed E-state index contributed by atoms with van der Waals surface area (Å²) in [5, 5.41) is 21.6. The number of aliphatic hydroxyl groups excluding tert-OH is 1. The van der Waals surface area contributed by atoms with Gasteiger partial charge in [-0.15, -0.1) is 0 Å². The van der Waals surface area contributed by atoms with Crippen LogP contribution in [0.2, 0.25) is 0 Å². The van der Waals surface area contributed by atoms with Gasteiger partial charge in [0.05, 0.1) is 57.4 Å². The fraction of sp³-hybridized carbons (Fsp3) is 0.477. The van der Waals surface area contributed by atoms with E-state index in [1.165, 1.54) is 6.33 Å². The Kier molecular flexibility index (Phi) is 15.5. The number of esters is 1. The van der Waals surface area contributed by atoms with Crippen LogP contribution >= 0.6 is 8.53 Å². The van der Waals surface area contributed by atoms with E-state index in [1.54, 1.807) is 45.8 Å². The van der Waals surface area contributed by atoms with Gasteiger partial charge in [0.15, 0.2) is 6.73 Å². The lowest BCUT2D eigenvalue weighted by molar-refractivity contribution is -0.156. The molecule has 4 aromatic rings. The van der Waals surface area contributed by atoms with Crippen molar-refractivity contribution in [3.63, 3.8) is 0 Å². The quantitative estimate of drug-likeness (QED) is 0.0425. The summed E-state index contributed by atoms with van der Waals surface area (Å²) in [6, 6.07) is 27.6. The maximum Gasteiger partial charge on any atom is 0.312 e. The molecule has 5 atom stereocenters. The first kappa shape index (κ1) is 44.7. The summed E-state index contributed by atoms with van der Waals surface area (Å²) >= 11 is 0. The molecule has 0 aliphatic carbocycles. The molecule has 2 heterocycles. The first-order chi connectivity index (χ1) is 27.7. The zero-order valence-corrected chi connectivity index (χ0v) is 35.8. The minimum absolute atomic E-state index is 0.0144. The molecule has 0 amide bonds. The van der Waals surface area contributed by atoms with E-state index in [2.05, 4.69) is 15.7 Å². The van der Waals surface area contributed by atoms with Gasteiger partial charge in [0.1, 0.15) is 41.5 Å². The number of methoxy groups -OCH3 is 2. The van der Waals surface area contributed by atoms with Crippen molar-refractivity contribution >= 4 is 14.5 Å². The van der Waals surface area contributed by atoms with E-state index >= 15 is 0 Å². The number of ether oxygens (including phenoxy) is 5. The van der Waals surface area contributed by atoms with Crippen molar-refractivity contribution in [3.05, 3.63) is 114 Å². The highest BCUT2D eigenvalue weighted by Crippen LogP contribution is 2.51. The van der Waals surface area contributed by atoms with Crippen molar-refractivity contribution in [2.45, 2.75) is 104 Å². The lowest BCUT2D eigenvalue weighted by atomic mass is 9.80. The fourth-order valence-electron chi connectivity index (χ4n) is 6.87. The Balaban J connectivity index is 1.57. The number of nitrogens with zero attached hydrogens (tertiary/aromatic N) is 4. The Labute approximate surface area is 343 Å². The van der Waals surface area contributed by atoms with Crippen molar-refractivity contribution < 1.29 is 42.6 Å². The lowest BCUT2D eigenvalue weighted by Gasteiger charge is -2.39. The van der Waals surface area contributed by atoms with Gasteiger partial charge in [-0.2, -0.15) is 5.26 Å². The molecule has 1 N–H and O–H groups in total. The van der Waals surface area contributed by atoms with Crippen molar-refractivity contribution in [1.29, 1.82) is 5.26 Å². The minimum atomic E-state index is -1.79. The number of benzene rings is 3. The number of carbonyl (C=O) groups is 1. The zero-order chi connectivity index (χ0) is 42.0. The summed E-state index contributed by atoms with van der Waals surface area (Å²) in [5.74, 6) is 1.03. The molecule has 0 bridgehead atoms. The van der Waals surface area contributed by atoms with Crippen LogP contribution in [0.25, 0.3) is 0 Å². The van der Waals surface area contributed by atoms with Crippen LogP contribution in [0, 0.1) is 16.7 Å². The summed E-state index contributed by atoms with van der Waals surface area (Å²) in [6.45, 7) is 13.6. The summed E-state index contributed by atoms with van der Waals surface area (Å²) in [4.78, 5) is 17.1. The maximum atomic E-state index is 12.5. The first-order valence-corrected chi connectivity index (χ1v) is 20.6. The summed E-state index contributed by atoms with van der Waals surface area (Å²) in [7, 11) is 1.46. The molecule has 13 nitrogen and oxygen atoms in total. The number of hydrogen-bond acceptors (Lipinski definition) is 12. The van der Waals surface area contributed by atoms with Crippen LogP contribution in [0.5, 0.6) is 11.5 Å². The Morgan fingerprint density at radius 2 is 1.50 bits per heavy atom. The van der Waals surface area contributed by atoms with Crippen LogP contribution in [0.4, 0.5) is 0 Å². The van der Waals surface area contributed by atoms with E-state index in [0.717, 1.165) is 16.7 Å². The van der Waals surface area contributed by atoms with Crippen molar-refractivity contribution in [2.75, 3.05) is 27.4 Å². The Morgan fingerprint density at radius 3 is 2.02 bits per heavy atom. The van der Waals surface area contributed by atoms with E-state index in [0.29, 0.717) is 17.2 Å². The van der Waals surface area contributed by atoms with E-state index in [1.807, 2.05) is 107 Å². The topological polar surface area (TPSA) is 147 Å². The van der Waals surface area contributed by atoms with Gasteiger partial charge in [-0.3, -0.25) is 4.79 Å². The van der Waals surface area contributed by atoms with Crippen LogP contribution < -0.4 is 9.47 Å². The molecule has 3 aromatic carbocycles. The molecule has 1 aromatic heterocycles. The van der Waals surface area contributed by atoms with Gasteiger partial charge < -0.3 is 42.4 Å². The average Bonchev–Trinajstić information content (AvgIpc) is 3.81. The van der Waals surface area contributed by atoms with Crippen LogP contribution in [-0.4, -0.2) is 83.1 Å². The third kappa shape index (κ3) is 10.4. The normalized spacial score (nSPS) is 19.0. The minimum Gasteiger partial charge on any atom is -0.497 e. The molecule has 1 fully saturated rings. The Hall–Kier alpha value is -4.38. The van der Waals surface area contributed by atoms with Gasteiger partial charge in [0, 0.05) is 18.3 Å². The summed E-state index contributed by atoms with van der Waals surface area (Å²) in [6.07, 6.45) is -0.552. The van der Waals surface area contributed by atoms with Crippen LogP contribution in [-0.2, 0) is 40.4 Å². The molecule has 0 spiro atoms. The van der Waals surface area contributed by atoms with Gasteiger partial charge in [-0.1, -0.05) is 54.6 Å². The number of aromatic nitrogens is 2. The predicted molar refractivity (Wildman–Crippen MR) is 220 cm³/mol. The monoisotopic (exact) mass is 816 g/mol. The van der Waals surface area contributed by atoms with Crippen molar-refractivity contribution in [1.82, 2.24) is 14.2 Å². The SMILES string of the molecule is COc1ccc(C(OC[C@H]2O[C@@H](c3cn(COC(=O)C(C)(C)C)cn3)[C@H](O)[C@@H]2OP(OCCC#N)N(C(C)C)C(C)C)(c2ccccc2)c2ccc(OC)cc2)cc1. The molecule has 1 saturated heterocycles. The van der Waals surface area contributed by atoms with Crippen LogP contribution in [0.3, 0.4) is 0 Å². The third-order valence-corrected chi connectivity index (χ3v) is 11.9. The van der Waals surface area contributed by atoms with Crippen LogP contribution in [0.15, 0.2) is 91.4 Å². The number of rotatable bonds is 19. The van der Waals surface area contributed by atoms with Crippen molar-refractivity contribution in [2.24, 2.45) is 5.41 Å². The third-order valence-electron chi connectivity index (χ3n) is 9.75. The highest BCUT2D eigenvalue weighted by molar-refractivity contribution is 7.44. The highest BCUT2D eigenvalue weighted by atomic mass is 31.2. The second kappa shape index (κ2) is 20.1. The van der Waals surface area contributed by atoms with E-state index in [-0.39, 0.29) is 44.4 Å². The molecule has 0 radical (unpaired) electrons. The molecular weight excluding hydrogens is 759 g/mol. The second-order valence-corrected chi connectivity index (χ2v) is 17.0. The molecular formula is C44H57N4O9P. The molecule has 5 rings (SSSR count). The second-order valence-electron chi connectivity index (χ2n) is 15.6. The van der Waals surface area contributed by atoms with Gasteiger partial charge in [0.2, 0.25) is 0 Å². The summed E-state index contributed by atoms with van der Waals surface area (Å²) < 4.78 is 47.4. The largest absolute Gasteiger partial charge is 0.497 e. The standard InChI is InChI=1S/C44H57N4O9P/c1-30(2)48(31(3)4)58(55-25-13-24-45)57-41-38(56-40(39(41)49)37-26-47(28-46-37)29-53-42(50)43(5,6)7)27-54-44(32-14-11-10-12-15-32,33-16-20-35(51-8)21-17-33)34-18-22-36(52-9)23-19-34/h10-12,14-23,26,28,30-31,38-41,49H,13,25,27,29H2,1-9H3/t38-,39+,40+,41-,58?/m1/s1. The van der Waals surface area contributed by atoms with E-state index < -0.39 is 44.0 Å². The fourth-order valence-corrected chi connectivity index (χ4v) is 8.65. The van der Waals surface area contributed by atoms with Gasteiger partial charge in [-0.05, 0) is 89.4 Å². The number of nitriles is 1. The number of carbonyl (C=O) groups excluding carboxylic acids is 1. The average molecular weight is 817 g/mol. The van der Waals surface area contributed by atoms with Gasteiger partial charge in [0.25, 0.3) is 8.53 Å². The Bertz CT molecular complexity index is 1870. The van der Waals surface area contributed by atoms with Crippen molar-refractivity contribution in [3.8, 4) is 17.6 Å². The smallest absolute Gasteiger partial charge is 0.312 e. The number of aliphatic hydroxyl groups is 1. The molecule has 0 saturated carbocycles. The first-order valence-electron chi connectivity index (χ1n) is 19.5. The lowest BCUT2D eigenvalue weighted by Crippen LogP contribution is -2.42. The number of hydrogen-bond donors (Lipinski definition) is 1. The predicted octanol–water partition coefficient (Wildman–Crippen LogP) is 7.92. The Morgan fingerprint density at radius 1 is 0.931 bits per heavy atom. The van der Waals surface area contributed by atoms with E-state index in [4.69, 9.17) is 32.7 Å². The summed E-state index contributed by atoms with van der Waals surface area (Å²) in [5.41, 5.74) is 1.09. The molecule has 1 aliphatic rings. The molecule has 14 heteroatoms.